The minimum Gasteiger partial charge on any atom is -0.359 e. The number of rotatable bonds is 3. The summed E-state index contributed by atoms with van der Waals surface area (Å²) in [5.74, 6) is 0.0126. The molecule has 1 aromatic heterocycles. The zero-order valence-electron chi connectivity index (χ0n) is 15.5. The van der Waals surface area contributed by atoms with E-state index in [1.54, 1.807) is 23.1 Å². The average molecular weight is 435 g/mol. The van der Waals surface area contributed by atoms with E-state index in [1.165, 1.54) is 11.1 Å². The summed E-state index contributed by atoms with van der Waals surface area (Å²) in [6.07, 6.45) is 1.45. The van der Waals surface area contributed by atoms with E-state index < -0.39 is 9.84 Å². The van der Waals surface area contributed by atoms with E-state index in [2.05, 4.69) is 10.3 Å². The Balaban J connectivity index is 1.60. The summed E-state index contributed by atoms with van der Waals surface area (Å²) in [4.78, 5) is 32.8. The van der Waals surface area contributed by atoms with Gasteiger partial charge in [0, 0.05) is 24.3 Å². The largest absolute Gasteiger partial charge is 0.359 e. The summed E-state index contributed by atoms with van der Waals surface area (Å²) >= 11 is 5.93. The minimum atomic E-state index is -3.08. The smallest absolute Gasteiger partial charge is 0.255 e. The third-order valence-electron chi connectivity index (χ3n) is 5.00. The van der Waals surface area contributed by atoms with E-state index in [1.807, 2.05) is 12.1 Å². The number of hydrogen-bond donors (Lipinski definition) is 1. The number of nitrogens with one attached hydrogen (secondary N) is 1. The normalized spacial score (nSPS) is 18.2. The number of sulfone groups is 1. The van der Waals surface area contributed by atoms with E-state index in [-0.39, 0.29) is 43.0 Å². The lowest BCUT2D eigenvalue weighted by molar-refractivity contribution is -0.117. The molecular weight excluding hydrogens is 416 g/mol. The van der Waals surface area contributed by atoms with Crippen molar-refractivity contribution in [2.45, 2.75) is 6.54 Å². The van der Waals surface area contributed by atoms with E-state index in [0.717, 1.165) is 5.56 Å². The van der Waals surface area contributed by atoms with Crippen molar-refractivity contribution in [3.05, 3.63) is 52.7 Å². The fourth-order valence-corrected chi connectivity index (χ4v) is 4.67. The molecule has 1 saturated heterocycles. The lowest BCUT2D eigenvalue weighted by atomic mass is 10.1. The van der Waals surface area contributed by atoms with Crippen molar-refractivity contribution in [1.29, 1.82) is 0 Å². The maximum absolute atomic E-state index is 12.8. The van der Waals surface area contributed by atoms with Crippen LogP contribution in [0, 0.1) is 0 Å². The van der Waals surface area contributed by atoms with Crippen molar-refractivity contribution in [3.8, 4) is 0 Å². The Labute approximate surface area is 173 Å². The Kier molecular flexibility index (Phi) is 5.18. The second-order valence-corrected chi connectivity index (χ2v) is 9.74. The van der Waals surface area contributed by atoms with Crippen LogP contribution in [0.3, 0.4) is 0 Å². The maximum atomic E-state index is 12.8. The lowest BCUT2D eigenvalue weighted by Crippen LogP contribution is -2.44. The Morgan fingerprint density at radius 2 is 1.86 bits per heavy atom. The number of benzene rings is 1. The van der Waals surface area contributed by atoms with Gasteiger partial charge in [0.1, 0.15) is 0 Å². The molecule has 1 aromatic carbocycles. The molecule has 2 amide bonds. The summed E-state index contributed by atoms with van der Waals surface area (Å²) in [6, 6.07) is 8.83. The first-order valence-electron chi connectivity index (χ1n) is 9.11. The lowest BCUT2D eigenvalue weighted by Gasteiger charge is -2.31. The number of halogens is 1. The van der Waals surface area contributed by atoms with Crippen LogP contribution in [0.25, 0.3) is 0 Å². The van der Waals surface area contributed by atoms with Gasteiger partial charge in [0.2, 0.25) is 5.91 Å². The maximum Gasteiger partial charge on any atom is 0.255 e. The molecule has 1 N–H and O–H groups in total. The van der Waals surface area contributed by atoms with Gasteiger partial charge >= 0.3 is 0 Å². The van der Waals surface area contributed by atoms with Crippen LogP contribution in [-0.4, -0.2) is 61.3 Å². The molecule has 2 aliphatic rings. The van der Waals surface area contributed by atoms with Crippen LogP contribution in [0.1, 0.15) is 15.9 Å². The highest BCUT2D eigenvalue weighted by atomic mass is 35.5. The summed E-state index contributed by atoms with van der Waals surface area (Å²) < 4.78 is 23.2. The molecule has 0 bridgehead atoms. The Hall–Kier alpha value is -2.65. The highest BCUT2D eigenvalue weighted by molar-refractivity contribution is 7.91. The van der Waals surface area contributed by atoms with Gasteiger partial charge in [-0.3, -0.25) is 9.59 Å². The minimum absolute atomic E-state index is 0.0418. The molecule has 152 valence electrons. The summed E-state index contributed by atoms with van der Waals surface area (Å²) in [5, 5.41) is 3.58. The number of nitrogens with zero attached hydrogens (tertiary/aromatic N) is 3. The number of pyridine rings is 1. The Morgan fingerprint density at radius 3 is 2.55 bits per heavy atom. The molecule has 3 heterocycles. The number of carbonyl (C=O) groups excluding carboxylic acids is 2. The Bertz CT molecular complexity index is 1060. The number of hydrogen-bond acceptors (Lipinski definition) is 6. The molecule has 0 unspecified atom stereocenters. The van der Waals surface area contributed by atoms with Gasteiger partial charge < -0.3 is 15.1 Å². The van der Waals surface area contributed by atoms with Gasteiger partial charge in [0.05, 0.1) is 35.8 Å². The zero-order chi connectivity index (χ0) is 20.6. The second-order valence-electron chi connectivity index (χ2n) is 7.00. The Morgan fingerprint density at radius 1 is 1.17 bits per heavy atom. The van der Waals surface area contributed by atoms with Gasteiger partial charge in [0.15, 0.2) is 15.7 Å². The van der Waals surface area contributed by atoms with E-state index in [4.69, 9.17) is 11.6 Å². The molecule has 2 aliphatic heterocycles. The molecule has 2 aromatic rings. The summed E-state index contributed by atoms with van der Waals surface area (Å²) in [6.45, 7) is 0.755. The third-order valence-corrected chi connectivity index (χ3v) is 6.86. The first-order valence-corrected chi connectivity index (χ1v) is 11.3. The average Bonchev–Trinajstić information content (AvgIpc) is 2.71. The number of anilines is 2. The van der Waals surface area contributed by atoms with Crippen molar-refractivity contribution < 1.29 is 18.0 Å². The van der Waals surface area contributed by atoms with Crippen LogP contribution < -0.4 is 10.2 Å². The van der Waals surface area contributed by atoms with Gasteiger partial charge in [-0.1, -0.05) is 23.7 Å². The van der Waals surface area contributed by atoms with Gasteiger partial charge in [-0.15, -0.1) is 0 Å². The molecule has 0 spiro atoms. The highest BCUT2D eigenvalue weighted by Crippen LogP contribution is 2.30. The second kappa shape index (κ2) is 7.64. The van der Waals surface area contributed by atoms with E-state index in [0.29, 0.717) is 28.6 Å². The molecule has 0 aliphatic carbocycles. The zero-order valence-corrected chi connectivity index (χ0v) is 17.0. The highest BCUT2D eigenvalue weighted by Gasteiger charge is 2.29. The van der Waals surface area contributed by atoms with Crippen LogP contribution in [0.5, 0.6) is 0 Å². The fraction of sp³-hybridized carbons (Fsp3) is 0.316. The molecule has 10 heteroatoms. The van der Waals surface area contributed by atoms with Crippen molar-refractivity contribution in [2.24, 2.45) is 0 Å². The van der Waals surface area contributed by atoms with Crippen molar-refractivity contribution in [1.82, 2.24) is 9.88 Å². The van der Waals surface area contributed by atoms with Gasteiger partial charge in [0.25, 0.3) is 5.91 Å². The topological polar surface area (TPSA) is 99.7 Å². The number of aromatic nitrogens is 1. The van der Waals surface area contributed by atoms with E-state index >= 15 is 0 Å². The molecule has 4 rings (SSSR count). The quantitative estimate of drug-likeness (QED) is 0.787. The SMILES string of the molecule is O=C(c1cnc2c(c1)N(Cc1ccc(Cl)cc1)C(=O)CN2)N1CCS(=O)(=O)CC1. The third kappa shape index (κ3) is 4.20. The summed E-state index contributed by atoms with van der Waals surface area (Å²) in [5.41, 5.74) is 1.74. The monoisotopic (exact) mass is 434 g/mol. The molecule has 1 fully saturated rings. The molecule has 0 saturated carbocycles. The fourth-order valence-electron chi connectivity index (χ4n) is 3.34. The standard InChI is InChI=1S/C19H19ClN4O4S/c20-15-3-1-13(2-4-15)12-24-16-9-14(10-21-18(16)22-11-17(24)25)19(26)23-5-7-29(27,28)8-6-23/h1-4,9-10H,5-8,11-12H2,(H,21,22). The van der Waals surface area contributed by atoms with Crippen LogP contribution in [0.15, 0.2) is 36.5 Å². The molecule has 0 radical (unpaired) electrons. The van der Waals surface area contributed by atoms with E-state index in [9.17, 15) is 18.0 Å². The van der Waals surface area contributed by atoms with Gasteiger partial charge in [-0.05, 0) is 23.8 Å². The van der Waals surface area contributed by atoms with Crippen LogP contribution in [-0.2, 0) is 21.2 Å². The number of fused-ring (bicyclic) bond motifs is 1. The van der Waals surface area contributed by atoms with Gasteiger partial charge in [-0.2, -0.15) is 0 Å². The number of amides is 2. The van der Waals surface area contributed by atoms with Crippen molar-refractivity contribution in [3.63, 3.8) is 0 Å². The van der Waals surface area contributed by atoms with Crippen LogP contribution in [0.4, 0.5) is 11.5 Å². The number of carbonyl (C=O) groups is 2. The van der Waals surface area contributed by atoms with Crippen LogP contribution >= 0.6 is 11.6 Å². The van der Waals surface area contributed by atoms with Crippen molar-refractivity contribution >= 4 is 44.8 Å². The van der Waals surface area contributed by atoms with Crippen LogP contribution in [0.2, 0.25) is 5.02 Å². The van der Waals surface area contributed by atoms with Crippen molar-refractivity contribution in [2.75, 3.05) is 41.4 Å². The first kappa shape index (κ1) is 19.7. The molecule has 0 atom stereocenters. The van der Waals surface area contributed by atoms with Gasteiger partial charge in [-0.25, -0.2) is 13.4 Å². The molecular formula is C19H19ClN4O4S. The predicted molar refractivity (Wildman–Crippen MR) is 110 cm³/mol. The summed E-state index contributed by atoms with van der Waals surface area (Å²) in [7, 11) is -3.08. The predicted octanol–water partition coefficient (Wildman–Crippen LogP) is 1.56. The molecule has 8 nitrogen and oxygen atoms in total. The first-order chi connectivity index (χ1) is 13.8. The molecule has 29 heavy (non-hydrogen) atoms.